The Morgan fingerprint density at radius 2 is 0.722 bits per heavy atom. The Kier molecular flexibility index (Phi) is 8.13. The van der Waals surface area contributed by atoms with E-state index < -0.39 is 0 Å². The fourth-order valence-corrected chi connectivity index (χ4v) is 2.50. The number of nitrogens with zero attached hydrogens (tertiary/aromatic N) is 2. The maximum Gasteiger partial charge on any atom is 0.0546 e. The van der Waals surface area contributed by atoms with E-state index in [1.807, 2.05) is 12.4 Å². The molecule has 18 heavy (non-hydrogen) atoms. The molecule has 0 aromatic heterocycles. The molecule has 0 spiro atoms. The van der Waals surface area contributed by atoms with E-state index >= 15 is 0 Å². The average Bonchev–Trinajstić information content (AvgIpc) is 2.20. The first-order valence-corrected chi connectivity index (χ1v) is 7.32. The van der Waals surface area contributed by atoms with Crippen molar-refractivity contribution in [2.45, 2.75) is 67.5 Å². The minimum absolute atomic E-state index is 0.396. The van der Waals surface area contributed by atoms with Crippen molar-refractivity contribution in [3.05, 3.63) is 0 Å². The predicted octanol–water partition coefficient (Wildman–Crippen LogP) is 4.49. The summed E-state index contributed by atoms with van der Waals surface area (Å²) in [6, 6.07) is 0.793. The molecule has 0 saturated carbocycles. The summed E-state index contributed by atoms with van der Waals surface area (Å²) >= 11 is 0. The molecule has 0 unspecified atom stereocenters. The molecule has 0 atom stereocenters. The molecule has 0 amide bonds. The predicted molar refractivity (Wildman–Crippen MR) is 83.9 cm³/mol. The van der Waals surface area contributed by atoms with Crippen molar-refractivity contribution in [2.75, 3.05) is 0 Å². The lowest BCUT2D eigenvalue weighted by Crippen LogP contribution is -2.21. The molecular weight excluding hydrogens is 220 g/mol. The van der Waals surface area contributed by atoms with Crippen LogP contribution in [0.2, 0.25) is 0 Å². The first-order valence-electron chi connectivity index (χ1n) is 7.32. The number of hydrogen-bond acceptors (Lipinski definition) is 2. The lowest BCUT2D eigenvalue weighted by Gasteiger charge is -2.20. The molecule has 0 heterocycles. The van der Waals surface area contributed by atoms with Crippen molar-refractivity contribution < 1.29 is 0 Å². The summed E-state index contributed by atoms with van der Waals surface area (Å²) in [4.78, 5) is 9.28. The van der Waals surface area contributed by atoms with Gasteiger partial charge in [-0.05, 0) is 23.7 Å². The molecule has 2 heteroatoms. The van der Waals surface area contributed by atoms with Crippen molar-refractivity contribution in [1.82, 2.24) is 0 Å². The van der Waals surface area contributed by atoms with Crippen LogP contribution in [0.4, 0.5) is 0 Å². The molecule has 0 rings (SSSR count). The van der Waals surface area contributed by atoms with Gasteiger partial charge in [0.2, 0.25) is 0 Å². The van der Waals surface area contributed by atoms with Crippen LogP contribution in [0.1, 0.15) is 55.4 Å². The van der Waals surface area contributed by atoms with Gasteiger partial charge in [0.25, 0.3) is 0 Å². The van der Waals surface area contributed by atoms with Crippen molar-refractivity contribution >= 4 is 12.4 Å². The van der Waals surface area contributed by atoms with E-state index in [0.29, 0.717) is 35.8 Å². The Labute approximate surface area is 114 Å². The summed E-state index contributed by atoms with van der Waals surface area (Å²) in [6.45, 7) is 17.8. The van der Waals surface area contributed by atoms with Crippen LogP contribution in [-0.2, 0) is 0 Å². The molecule has 0 aromatic rings. The van der Waals surface area contributed by atoms with Gasteiger partial charge in [-0.1, -0.05) is 55.4 Å². The van der Waals surface area contributed by atoms with Crippen molar-refractivity contribution in [3.63, 3.8) is 0 Å². The van der Waals surface area contributed by atoms with Crippen LogP contribution in [0, 0.1) is 23.7 Å². The smallest absolute Gasteiger partial charge is 0.0546 e. The SMILES string of the molecule is CC(C)C(N=CC=NC(C(C)C)C(C)C)C(C)C. The second kappa shape index (κ2) is 8.44. The molecule has 0 N–H and O–H groups in total. The molecule has 0 fully saturated rings. The largest absolute Gasteiger partial charge is 0.288 e. The monoisotopic (exact) mass is 252 g/mol. The highest BCUT2D eigenvalue weighted by Gasteiger charge is 2.16. The van der Waals surface area contributed by atoms with E-state index in [2.05, 4.69) is 65.4 Å². The number of rotatable bonds is 7. The molecular formula is C16H32N2. The van der Waals surface area contributed by atoms with Crippen molar-refractivity contribution in [3.8, 4) is 0 Å². The highest BCUT2D eigenvalue weighted by atomic mass is 14.8. The minimum atomic E-state index is 0.396. The molecule has 0 radical (unpaired) electrons. The maximum atomic E-state index is 4.64. The van der Waals surface area contributed by atoms with Gasteiger partial charge in [-0.2, -0.15) is 0 Å². The van der Waals surface area contributed by atoms with E-state index in [9.17, 15) is 0 Å². The van der Waals surface area contributed by atoms with Crippen LogP contribution >= 0.6 is 0 Å². The van der Waals surface area contributed by atoms with E-state index in [1.54, 1.807) is 0 Å². The third-order valence-electron chi connectivity index (χ3n) is 3.32. The van der Waals surface area contributed by atoms with E-state index in [4.69, 9.17) is 0 Å². The molecule has 0 bridgehead atoms. The van der Waals surface area contributed by atoms with E-state index in [-0.39, 0.29) is 0 Å². The number of hydrogen-bond donors (Lipinski definition) is 0. The molecule has 0 aliphatic heterocycles. The van der Waals surface area contributed by atoms with Gasteiger partial charge in [0.05, 0.1) is 12.1 Å². The lowest BCUT2D eigenvalue weighted by molar-refractivity contribution is 0.389. The standard InChI is InChI=1S/C16H32N2/c1-11(2)15(12(3)4)17-9-10-18-16(13(5)6)14(7)8/h9-16H,1-8H3. The first kappa shape index (κ1) is 17.3. The van der Waals surface area contributed by atoms with Crippen LogP contribution in [0.5, 0.6) is 0 Å². The highest BCUT2D eigenvalue weighted by Crippen LogP contribution is 2.16. The van der Waals surface area contributed by atoms with Gasteiger partial charge in [0.15, 0.2) is 0 Å². The lowest BCUT2D eigenvalue weighted by atomic mass is 9.94. The van der Waals surface area contributed by atoms with Gasteiger partial charge in [0, 0.05) is 12.4 Å². The number of aliphatic imine (C=N–C) groups is 2. The quantitative estimate of drug-likeness (QED) is 0.596. The third kappa shape index (κ3) is 6.32. The van der Waals surface area contributed by atoms with Gasteiger partial charge in [-0.3, -0.25) is 9.98 Å². The van der Waals surface area contributed by atoms with Gasteiger partial charge in [-0.15, -0.1) is 0 Å². The molecule has 106 valence electrons. The second-order valence-corrected chi connectivity index (χ2v) is 6.55. The van der Waals surface area contributed by atoms with Crippen LogP contribution < -0.4 is 0 Å². The fourth-order valence-electron chi connectivity index (χ4n) is 2.50. The van der Waals surface area contributed by atoms with Crippen LogP contribution in [0.25, 0.3) is 0 Å². The zero-order valence-corrected chi connectivity index (χ0v) is 13.5. The fraction of sp³-hybridized carbons (Fsp3) is 0.875. The summed E-state index contributed by atoms with van der Waals surface area (Å²) in [5, 5.41) is 0. The van der Waals surface area contributed by atoms with Crippen LogP contribution in [0.3, 0.4) is 0 Å². The Hall–Kier alpha value is -0.660. The molecule has 0 saturated heterocycles. The minimum Gasteiger partial charge on any atom is -0.288 e. The van der Waals surface area contributed by atoms with Crippen LogP contribution in [0.15, 0.2) is 9.98 Å². The summed E-state index contributed by atoms with van der Waals surface area (Å²) in [5.74, 6) is 2.34. The second-order valence-electron chi connectivity index (χ2n) is 6.55. The Morgan fingerprint density at radius 3 is 0.889 bits per heavy atom. The third-order valence-corrected chi connectivity index (χ3v) is 3.32. The summed E-state index contributed by atoms with van der Waals surface area (Å²) < 4.78 is 0. The van der Waals surface area contributed by atoms with Gasteiger partial charge < -0.3 is 0 Å². The normalized spacial score (nSPS) is 13.9. The summed E-state index contributed by atoms with van der Waals surface area (Å²) in [5.41, 5.74) is 0. The van der Waals surface area contributed by atoms with Gasteiger partial charge in [0.1, 0.15) is 0 Å². The van der Waals surface area contributed by atoms with Gasteiger partial charge >= 0.3 is 0 Å². The molecule has 2 nitrogen and oxygen atoms in total. The molecule has 0 aromatic carbocycles. The topological polar surface area (TPSA) is 24.7 Å². The first-order chi connectivity index (χ1) is 8.27. The van der Waals surface area contributed by atoms with Crippen molar-refractivity contribution in [1.29, 1.82) is 0 Å². The van der Waals surface area contributed by atoms with E-state index in [1.165, 1.54) is 0 Å². The maximum absolute atomic E-state index is 4.64. The zero-order chi connectivity index (χ0) is 14.3. The van der Waals surface area contributed by atoms with Crippen molar-refractivity contribution in [2.24, 2.45) is 33.7 Å². The Bertz CT molecular complexity index is 218. The zero-order valence-electron chi connectivity index (χ0n) is 13.5. The average molecular weight is 252 g/mol. The summed E-state index contributed by atoms with van der Waals surface area (Å²) in [6.07, 6.45) is 3.78. The van der Waals surface area contributed by atoms with E-state index in [0.717, 1.165) is 0 Å². The molecule has 0 aliphatic carbocycles. The Balaban J connectivity index is 4.53. The van der Waals surface area contributed by atoms with Crippen LogP contribution in [-0.4, -0.2) is 24.5 Å². The Morgan fingerprint density at radius 1 is 0.500 bits per heavy atom. The molecule has 0 aliphatic rings. The summed E-state index contributed by atoms with van der Waals surface area (Å²) in [7, 11) is 0. The van der Waals surface area contributed by atoms with Gasteiger partial charge in [-0.25, -0.2) is 0 Å². The highest BCUT2D eigenvalue weighted by molar-refractivity contribution is 6.16.